The van der Waals surface area contributed by atoms with Crippen molar-refractivity contribution in [2.24, 2.45) is 0 Å². The zero-order valence-electron chi connectivity index (χ0n) is 21.1. The number of anilines is 4. The summed E-state index contributed by atoms with van der Waals surface area (Å²) >= 11 is -0.621. The van der Waals surface area contributed by atoms with Crippen LogP contribution in [0.1, 0.15) is 0 Å². The molecule has 0 amide bonds. The average molecular weight is 560 g/mol. The highest BCUT2D eigenvalue weighted by Crippen LogP contribution is 2.30. The zero-order valence-corrected chi connectivity index (χ0v) is 21.9. The van der Waals surface area contributed by atoms with Crippen molar-refractivity contribution < 1.29 is 17.8 Å². The lowest BCUT2D eigenvalue weighted by Crippen LogP contribution is -2.48. The Morgan fingerprint density at radius 2 is 1.69 bits per heavy atom. The molecule has 2 aliphatic rings. The minimum Gasteiger partial charge on any atom is -0.461 e. The Morgan fingerprint density at radius 3 is 2.38 bits per heavy atom. The number of rotatable bonds is 7. The van der Waals surface area contributed by atoms with Crippen LogP contribution >= 0.6 is 0 Å². The van der Waals surface area contributed by atoms with Gasteiger partial charge in [0, 0.05) is 45.3 Å². The molecule has 0 unspecified atom stereocenters. The van der Waals surface area contributed by atoms with E-state index in [1.54, 1.807) is 24.5 Å². The first-order chi connectivity index (χ1) is 18.9. The predicted octanol–water partition coefficient (Wildman–Crippen LogP) is 1.79. The predicted molar refractivity (Wildman–Crippen MR) is 146 cm³/mol. The second kappa shape index (κ2) is 10.8. The molecule has 0 atom stereocenters. The van der Waals surface area contributed by atoms with Gasteiger partial charge in [0.05, 0.1) is 30.7 Å². The average Bonchev–Trinajstić information content (AvgIpc) is 3.61. The van der Waals surface area contributed by atoms with Gasteiger partial charge >= 0.3 is 0 Å². The molecule has 0 radical (unpaired) electrons. The van der Waals surface area contributed by atoms with Crippen LogP contribution in [-0.2, 0) is 11.2 Å². The summed E-state index contributed by atoms with van der Waals surface area (Å²) in [4.78, 5) is 19.1. The summed E-state index contributed by atoms with van der Waals surface area (Å²) in [6.07, 6.45) is 1.54. The number of halogens is 2. The Balaban J connectivity index is 1.04. The van der Waals surface area contributed by atoms with E-state index in [9.17, 15) is 13.3 Å². The van der Waals surface area contributed by atoms with E-state index in [2.05, 4.69) is 30.3 Å². The van der Waals surface area contributed by atoms with Crippen molar-refractivity contribution in [2.75, 3.05) is 84.7 Å². The molecule has 4 aromatic rings. The van der Waals surface area contributed by atoms with Gasteiger partial charge in [-0.1, -0.05) is 0 Å². The lowest BCUT2D eigenvalue weighted by molar-refractivity contribution is 0.266. The van der Waals surface area contributed by atoms with Crippen LogP contribution in [0.15, 0.2) is 34.9 Å². The number of benzene rings is 1. The molecule has 6 rings (SSSR count). The first-order valence-corrected chi connectivity index (χ1v) is 14.2. The summed E-state index contributed by atoms with van der Waals surface area (Å²) in [5.74, 6) is 1.79. The number of nitrogens with one attached hydrogen (secondary N) is 1. The molecule has 0 saturated carbocycles. The summed E-state index contributed by atoms with van der Waals surface area (Å²) in [5.41, 5.74) is 6.86. The smallest absolute Gasteiger partial charge is 0.259 e. The normalized spacial score (nSPS) is 17.3. The molecule has 3 aromatic heterocycles. The standard InChI is InChI=1S/C24H29F2N10O2S/c25-16-14-17(26)19(35-9-12-39(37)13-10-35)15-18(16)34-7-5-33(6-8-34)4-3-28-23-30-22(27)36-24(31-23)29-21(32-36)20-2-1-11-38-20/h1-2,11,14-15,37H,3-10,12-13H2,(H3,27,28,29,30,31,32)/q+1. The van der Waals surface area contributed by atoms with Crippen molar-refractivity contribution in [1.29, 1.82) is 0 Å². The molecule has 0 spiro atoms. The monoisotopic (exact) mass is 559 g/mol. The molecule has 2 saturated heterocycles. The van der Waals surface area contributed by atoms with Crippen LogP contribution in [0.4, 0.5) is 32.1 Å². The van der Waals surface area contributed by atoms with Crippen molar-refractivity contribution in [3.8, 4) is 11.6 Å². The van der Waals surface area contributed by atoms with E-state index in [1.807, 2.05) is 9.80 Å². The topological polar surface area (TPSA) is 137 Å². The molecule has 206 valence electrons. The number of fused-ring (bicyclic) bond motifs is 1. The van der Waals surface area contributed by atoms with Crippen molar-refractivity contribution in [2.45, 2.75) is 0 Å². The highest BCUT2D eigenvalue weighted by molar-refractivity contribution is 7.91. The third-order valence-corrected chi connectivity index (χ3v) is 8.26. The van der Waals surface area contributed by atoms with Crippen molar-refractivity contribution in [3.63, 3.8) is 0 Å². The van der Waals surface area contributed by atoms with Gasteiger partial charge in [0.1, 0.15) is 22.8 Å². The first-order valence-electron chi connectivity index (χ1n) is 12.7. The van der Waals surface area contributed by atoms with Gasteiger partial charge in [-0.05, 0) is 18.2 Å². The van der Waals surface area contributed by atoms with E-state index in [0.717, 1.165) is 25.7 Å². The molecular weight excluding hydrogens is 530 g/mol. The number of nitrogens with two attached hydrogens (primary N) is 1. The van der Waals surface area contributed by atoms with E-state index in [-0.39, 0.29) is 5.95 Å². The molecule has 2 aliphatic heterocycles. The number of furan rings is 1. The lowest BCUT2D eigenvalue weighted by atomic mass is 10.2. The zero-order chi connectivity index (χ0) is 26.9. The van der Waals surface area contributed by atoms with Crippen molar-refractivity contribution in [1.82, 2.24) is 29.5 Å². The maximum atomic E-state index is 14.8. The Labute approximate surface area is 226 Å². The number of nitrogens with zero attached hydrogens (tertiary/aromatic N) is 8. The van der Waals surface area contributed by atoms with Crippen LogP contribution in [-0.4, -0.2) is 97.9 Å². The van der Waals surface area contributed by atoms with Crippen molar-refractivity contribution >= 4 is 40.2 Å². The second-order valence-corrected chi connectivity index (χ2v) is 11.1. The molecule has 1 aromatic carbocycles. The third-order valence-electron chi connectivity index (χ3n) is 6.95. The van der Waals surface area contributed by atoms with Gasteiger partial charge < -0.3 is 25.3 Å². The largest absolute Gasteiger partial charge is 0.461 e. The lowest BCUT2D eigenvalue weighted by Gasteiger charge is -2.37. The van der Waals surface area contributed by atoms with Gasteiger partial charge in [-0.15, -0.1) is 5.10 Å². The third kappa shape index (κ3) is 5.42. The minimum atomic E-state index is -0.621. The van der Waals surface area contributed by atoms with Crippen LogP contribution in [0.2, 0.25) is 0 Å². The van der Waals surface area contributed by atoms with E-state index in [4.69, 9.17) is 10.2 Å². The fraction of sp³-hybridized carbons (Fsp3) is 0.417. The molecule has 39 heavy (non-hydrogen) atoms. The maximum absolute atomic E-state index is 14.8. The second-order valence-electron chi connectivity index (χ2n) is 9.40. The van der Waals surface area contributed by atoms with Gasteiger partial charge in [0.2, 0.25) is 17.7 Å². The van der Waals surface area contributed by atoms with Gasteiger partial charge in [0.15, 0.2) is 17.3 Å². The number of piperazine rings is 1. The summed E-state index contributed by atoms with van der Waals surface area (Å²) in [5, 5.41) is 7.48. The Hall–Kier alpha value is -3.69. The van der Waals surface area contributed by atoms with E-state index in [0.29, 0.717) is 78.9 Å². The van der Waals surface area contributed by atoms with Gasteiger partial charge in [-0.25, -0.2) is 8.78 Å². The fourth-order valence-corrected chi connectivity index (χ4v) is 5.90. The van der Waals surface area contributed by atoms with Gasteiger partial charge in [0.25, 0.3) is 5.78 Å². The van der Waals surface area contributed by atoms with Crippen molar-refractivity contribution in [3.05, 3.63) is 42.2 Å². The summed E-state index contributed by atoms with van der Waals surface area (Å²) < 4.78 is 45.8. The summed E-state index contributed by atoms with van der Waals surface area (Å²) in [6.45, 7) is 5.11. The van der Waals surface area contributed by atoms with Crippen LogP contribution in [0.3, 0.4) is 0 Å². The molecule has 2 fully saturated rings. The minimum absolute atomic E-state index is 0.156. The van der Waals surface area contributed by atoms with Gasteiger partial charge in [-0.3, -0.25) is 4.90 Å². The van der Waals surface area contributed by atoms with Crippen LogP contribution in [0.25, 0.3) is 17.4 Å². The molecule has 5 heterocycles. The Kier molecular flexibility index (Phi) is 7.10. The molecule has 12 nitrogen and oxygen atoms in total. The first kappa shape index (κ1) is 25.6. The fourth-order valence-electron chi connectivity index (χ4n) is 4.83. The highest BCUT2D eigenvalue weighted by Gasteiger charge is 2.28. The number of hydrogen-bond donors (Lipinski definition) is 3. The number of aromatic nitrogens is 5. The van der Waals surface area contributed by atoms with Gasteiger partial charge in [-0.2, -0.15) is 24.0 Å². The van der Waals surface area contributed by atoms with Crippen LogP contribution in [0.5, 0.6) is 0 Å². The Bertz CT molecular complexity index is 1440. The highest BCUT2D eigenvalue weighted by atomic mass is 32.2. The van der Waals surface area contributed by atoms with E-state index >= 15 is 0 Å². The molecule has 15 heteroatoms. The quantitative estimate of drug-likeness (QED) is 0.286. The maximum Gasteiger partial charge on any atom is 0.259 e. The van der Waals surface area contributed by atoms with E-state index in [1.165, 1.54) is 4.52 Å². The SMILES string of the molecule is Nc1nc(NCCN2CCN(c3cc(N4CC[S+](O)CC4)c(F)cc3F)CC2)nc2nc(-c3ccco3)nn12. The Morgan fingerprint density at radius 1 is 0.974 bits per heavy atom. The van der Waals surface area contributed by atoms with E-state index < -0.39 is 22.8 Å². The molecule has 0 bridgehead atoms. The summed E-state index contributed by atoms with van der Waals surface area (Å²) in [6, 6.07) is 6.09. The molecular formula is C24H29F2N10O2S+. The molecule has 0 aliphatic carbocycles. The van der Waals surface area contributed by atoms with Crippen LogP contribution in [0, 0.1) is 11.6 Å². The van der Waals surface area contributed by atoms with Crippen LogP contribution < -0.4 is 20.9 Å². The molecule has 4 N–H and O–H groups in total. The number of hydrogen-bond acceptors (Lipinski definition) is 11. The number of nitrogen functional groups attached to an aromatic ring is 1. The summed E-state index contributed by atoms with van der Waals surface area (Å²) in [7, 11) is 0.